The predicted molar refractivity (Wildman–Crippen MR) is 74.5 cm³/mol. The maximum atomic E-state index is 10.9. The Morgan fingerprint density at radius 3 is 2.83 bits per heavy atom. The molecule has 6 heteroatoms. The van der Waals surface area contributed by atoms with Crippen molar-refractivity contribution in [1.82, 2.24) is 0 Å². The van der Waals surface area contributed by atoms with Crippen molar-refractivity contribution in [1.29, 1.82) is 0 Å². The number of nitro groups is 1. The van der Waals surface area contributed by atoms with Gasteiger partial charge in [-0.05, 0) is 40.9 Å². The second-order valence-corrected chi connectivity index (χ2v) is 5.03. The first-order chi connectivity index (χ1) is 8.58. The fraction of sp³-hybridized carbons (Fsp3) is 0.167. The van der Waals surface area contributed by atoms with Crippen molar-refractivity contribution < 1.29 is 4.92 Å². The second kappa shape index (κ2) is 5.37. The third-order valence-corrected chi connectivity index (χ3v) is 3.73. The van der Waals surface area contributed by atoms with Gasteiger partial charge in [-0.3, -0.25) is 10.1 Å². The van der Waals surface area contributed by atoms with Crippen LogP contribution in [0.15, 0.2) is 29.0 Å². The molecule has 0 radical (unpaired) electrons. The minimum atomic E-state index is -0.436. The van der Waals surface area contributed by atoms with E-state index in [1.807, 2.05) is 17.7 Å². The molecule has 0 aliphatic carbocycles. The number of aryl methyl sites for hydroxylation is 1. The molecule has 1 N–H and O–H groups in total. The second-order valence-electron chi connectivity index (χ2n) is 3.85. The summed E-state index contributed by atoms with van der Waals surface area (Å²) in [5.41, 5.74) is 2.80. The molecule has 2 aromatic rings. The molecule has 1 heterocycles. The lowest BCUT2D eigenvalue weighted by Crippen LogP contribution is -2.02. The first-order valence-electron chi connectivity index (χ1n) is 5.27. The van der Waals surface area contributed by atoms with Gasteiger partial charge in [0.05, 0.1) is 4.92 Å². The zero-order chi connectivity index (χ0) is 13.1. The van der Waals surface area contributed by atoms with E-state index in [9.17, 15) is 10.1 Å². The maximum Gasteiger partial charge on any atom is 0.293 e. The lowest BCUT2D eigenvalue weighted by Gasteiger charge is -2.07. The highest BCUT2D eigenvalue weighted by molar-refractivity contribution is 7.08. The van der Waals surface area contributed by atoms with Gasteiger partial charge < -0.3 is 5.32 Å². The van der Waals surface area contributed by atoms with Gasteiger partial charge in [-0.1, -0.05) is 11.6 Å². The van der Waals surface area contributed by atoms with Gasteiger partial charge in [-0.25, -0.2) is 0 Å². The van der Waals surface area contributed by atoms with E-state index >= 15 is 0 Å². The maximum absolute atomic E-state index is 10.9. The van der Waals surface area contributed by atoms with E-state index in [4.69, 9.17) is 11.6 Å². The summed E-state index contributed by atoms with van der Waals surface area (Å²) in [6.45, 7) is 2.58. The molecule has 0 bridgehead atoms. The Kier molecular flexibility index (Phi) is 3.84. The largest absolute Gasteiger partial charge is 0.375 e. The topological polar surface area (TPSA) is 55.2 Å². The number of halogens is 1. The molecule has 0 aliphatic rings. The summed E-state index contributed by atoms with van der Waals surface area (Å²) in [6, 6.07) is 4.61. The third kappa shape index (κ3) is 2.80. The van der Waals surface area contributed by atoms with Crippen LogP contribution < -0.4 is 5.32 Å². The van der Waals surface area contributed by atoms with Gasteiger partial charge in [0.2, 0.25) is 0 Å². The van der Waals surface area contributed by atoms with Crippen molar-refractivity contribution in [2.45, 2.75) is 13.5 Å². The third-order valence-electron chi connectivity index (χ3n) is 2.59. The molecule has 4 nitrogen and oxygen atoms in total. The zero-order valence-corrected chi connectivity index (χ0v) is 11.2. The molecule has 0 aliphatic heterocycles. The van der Waals surface area contributed by atoms with Gasteiger partial charge in [0.25, 0.3) is 5.69 Å². The van der Waals surface area contributed by atoms with E-state index in [0.717, 1.165) is 5.56 Å². The van der Waals surface area contributed by atoms with E-state index in [1.54, 1.807) is 23.5 Å². The molecular weight excluding hydrogens is 272 g/mol. The van der Waals surface area contributed by atoms with Crippen LogP contribution in [-0.4, -0.2) is 4.92 Å². The van der Waals surface area contributed by atoms with Gasteiger partial charge in [0.15, 0.2) is 0 Å². The monoisotopic (exact) mass is 282 g/mol. The van der Waals surface area contributed by atoms with E-state index in [1.165, 1.54) is 11.6 Å². The Labute approximate surface area is 113 Å². The average Bonchev–Trinajstić information content (AvgIpc) is 2.73. The van der Waals surface area contributed by atoms with Crippen LogP contribution >= 0.6 is 22.9 Å². The number of hydrogen-bond donors (Lipinski definition) is 1. The van der Waals surface area contributed by atoms with Crippen molar-refractivity contribution in [2.75, 3.05) is 5.32 Å². The average molecular weight is 283 g/mol. The summed E-state index contributed by atoms with van der Waals surface area (Å²) in [6.07, 6.45) is 0. The molecule has 1 aromatic heterocycles. The molecule has 18 heavy (non-hydrogen) atoms. The molecular formula is C12H11ClN2O2S. The Morgan fingerprint density at radius 1 is 1.44 bits per heavy atom. The van der Waals surface area contributed by atoms with Crippen LogP contribution in [0.1, 0.15) is 11.1 Å². The summed E-state index contributed by atoms with van der Waals surface area (Å²) in [5, 5.41) is 18.4. The summed E-state index contributed by atoms with van der Waals surface area (Å²) in [7, 11) is 0. The lowest BCUT2D eigenvalue weighted by molar-refractivity contribution is -0.383. The number of benzene rings is 1. The fourth-order valence-corrected chi connectivity index (χ4v) is 2.59. The molecule has 1 aromatic carbocycles. The number of hydrogen-bond acceptors (Lipinski definition) is 4. The Hall–Kier alpha value is -1.59. The van der Waals surface area contributed by atoms with E-state index < -0.39 is 4.92 Å². The van der Waals surface area contributed by atoms with Crippen molar-refractivity contribution in [3.05, 3.63) is 55.2 Å². The quantitative estimate of drug-likeness (QED) is 0.674. The van der Waals surface area contributed by atoms with Crippen LogP contribution in [0, 0.1) is 17.0 Å². The molecule has 2 rings (SSSR count). The summed E-state index contributed by atoms with van der Waals surface area (Å²) in [5.74, 6) is 0. The van der Waals surface area contributed by atoms with Crippen LogP contribution in [0.5, 0.6) is 0 Å². The van der Waals surface area contributed by atoms with Gasteiger partial charge in [-0.2, -0.15) is 11.3 Å². The van der Waals surface area contributed by atoms with E-state index in [2.05, 4.69) is 5.32 Å². The Morgan fingerprint density at radius 2 is 2.22 bits per heavy atom. The van der Waals surface area contributed by atoms with Crippen molar-refractivity contribution in [2.24, 2.45) is 0 Å². The van der Waals surface area contributed by atoms with Gasteiger partial charge in [0, 0.05) is 17.6 Å². The molecule has 0 fully saturated rings. The number of nitrogens with one attached hydrogen (secondary N) is 1. The number of anilines is 1. The first-order valence-corrected chi connectivity index (χ1v) is 6.59. The lowest BCUT2D eigenvalue weighted by atomic mass is 10.2. The molecule has 0 atom stereocenters. The minimum absolute atomic E-state index is 0.00428. The number of nitrogens with zero attached hydrogens (tertiary/aromatic N) is 1. The smallest absolute Gasteiger partial charge is 0.293 e. The summed E-state index contributed by atoms with van der Waals surface area (Å²) in [4.78, 5) is 10.5. The SMILES string of the molecule is Cc1cscc1CNc1ccc(Cl)cc1[N+](=O)[O-]. The van der Waals surface area contributed by atoms with Crippen LogP contribution in [0.2, 0.25) is 5.02 Å². The van der Waals surface area contributed by atoms with E-state index in [-0.39, 0.29) is 5.69 Å². The summed E-state index contributed by atoms with van der Waals surface area (Å²) < 4.78 is 0. The molecule has 0 saturated heterocycles. The molecule has 94 valence electrons. The van der Waals surface area contributed by atoms with E-state index in [0.29, 0.717) is 17.3 Å². The highest BCUT2D eigenvalue weighted by Gasteiger charge is 2.14. The highest BCUT2D eigenvalue weighted by Crippen LogP contribution is 2.28. The van der Waals surface area contributed by atoms with Crippen molar-refractivity contribution >= 4 is 34.3 Å². The molecule has 0 unspecified atom stereocenters. The van der Waals surface area contributed by atoms with Crippen LogP contribution in [0.4, 0.5) is 11.4 Å². The van der Waals surface area contributed by atoms with Crippen LogP contribution in [-0.2, 0) is 6.54 Å². The van der Waals surface area contributed by atoms with Gasteiger partial charge in [0.1, 0.15) is 5.69 Å². The normalized spacial score (nSPS) is 10.3. The van der Waals surface area contributed by atoms with Gasteiger partial charge in [-0.15, -0.1) is 0 Å². The van der Waals surface area contributed by atoms with Gasteiger partial charge >= 0.3 is 0 Å². The number of nitro benzene ring substituents is 1. The Bertz CT molecular complexity index is 583. The van der Waals surface area contributed by atoms with Crippen molar-refractivity contribution in [3.63, 3.8) is 0 Å². The molecule has 0 saturated carbocycles. The number of rotatable bonds is 4. The van der Waals surface area contributed by atoms with Crippen molar-refractivity contribution in [3.8, 4) is 0 Å². The molecule has 0 spiro atoms. The fourth-order valence-electron chi connectivity index (χ4n) is 1.56. The zero-order valence-electron chi connectivity index (χ0n) is 9.64. The number of thiophene rings is 1. The van der Waals surface area contributed by atoms with Crippen LogP contribution in [0.25, 0.3) is 0 Å². The van der Waals surface area contributed by atoms with Crippen LogP contribution in [0.3, 0.4) is 0 Å². The first kappa shape index (κ1) is 12.9. The molecule has 0 amide bonds. The highest BCUT2D eigenvalue weighted by atomic mass is 35.5. The summed E-state index contributed by atoms with van der Waals surface area (Å²) >= 11 is 7.37. The predicted octanol–water partition coefficient (Wildman–Crippen LogP) is 4.23. The standard InChI is InChI=1S/C12H11ClN2O2S/c1-8-6-18-7-9(8)5-14-11-3-2-10(13)4-12(11)15(16)17/h2-4,6-7,14H,5H2,1H3. The minimum Gasteiger partial charge on any atom is -0.375 e. The Balaban J connectivity index is 2.19.